The van der Waals surface area contributed by atoms with Crippen molar-refractivity contribution in [2.45, 2.75) is 13.3 Å². The van der Waals surface area contributed by atoms with Crippen LogP contribution in [-0.4, -0.2) is 4.98 Å². The average Bonchev–Trinajstić information content (AvgIpc) is 2.29. The smallest absolute Gasteiger partial charge is 0.0722 e. The van der Waals surface area contributed by atoms with Crippen LogP contribution in [0.4, 0.5) is 5.69 Å². The summed E-state index contributed by atoms with van der Waals surface area (Å²) in [6.07, 6.45) is 2.79. The van der Waals surface area contributed by atoms with Crippen molar-refractivity contribution >= 4 is 5.69 Å². The van der Waals surface area contributed by atoms with E-state index >= 15 is 0 Å². The molecule has 0 aliphatic heterocycles. The van der Waals surface area contributed by atoms with E-state index in [1.807, 2.05) is 6.07 Å². The number of nitrogen functional groups attached to an aromatic ring is 1. The second kappa shape index (κ2) is 4.13. The van der Waals surface area contributed by atoms with Gasteiger partial charge in [0.25, 0.3) is 0 Å². The zero-order chi connectivity index (χ0) is 10.7. The maximum atomic E-state index is 5.71. The van der Waals surface area contributed by atoms with Gasteiger partial charge >= 0.3 is 0 Å². The molecule has 0 saturated carbocycles. The molecular formula is C13H14N2. The molecule has 1 aromatic carbocycles. The minimum Gasteiger partial charge on any atom is -0.399 e. The van der Waals surface area contributed by atoms with Gasteiger partial charge in [0.15, 0.2) is 0 Å². The zero-order valence-electron chi connectivity index (χ0n) is 8.77. The van der Waals surface area contributed by atoms with Gasteiger partial charge in [0, 0.05) is 17.4 Å². The molecule has 0 amide bonds. The van der Waals surface area contributed by atoms with Crippen molar-refractivity contribution < 1.29 is 0 Å². The van der Waals surface area contributed by atoms with E-state index < -0.39 is 0 Å². The fourth-order valence-electron chi connectivity index (χ4n) is 1.52. The van der Waals surface area contributed by atoms with Gasteiger partial charge in [0.2, 0.25) is 0 Å². The molecule has 0 fully saturated rings. The summed E-state index contributed by atoms with van der Waals surface area (Å²) in [5.74, 6) is 0. The third kappa shape index (κ3) is 2.15. The number of hydrogen-bond donors (Lipinski definition) is 1. The van der Waals surface area contributed by atoms with E-state index in [0.717, 1.165) is 23.4 Å². The van der Waals surface area contributed by atoms with Crippen LogP contribution >= 0.6 is 0 Å². The molecule has 1 aromatic heterocycles. The molecule has 0 saturated heterocycles. The Balaban J connectivity index is 2.37. The minimum absolute atomic E-state index is 0.750. The normalized spacial score (nSPS) is 10.2. The van der Waals surface area contributed by atoms with Crippen LogP contribution in [0.1, 0.15) is 12.5 Å². The maximum Gasteiger partial charge on any atom is 0.0722 e. The number of benzene rings is 1. The Morgan fingerprint density at radius 1 is 1.13 bits per heavy atom. The second-order valence-corrected chi connectivity index (χ2v) is 3.52. The summed E-state index contributed by atoms with van der Waals surface area (Å²) in [5.41, 5.74) is 9.84. The molecule has 15 heavy (non-hydrogen) atoms. The van der Waals surface area contributed by atoms with Gasteiger partial charge in [-0.05, 0) is 24.1 Å². The van der Waals surface area contributed by atoms with Gasteiger partial charge in [-0.1, -0.05) is 31.2 Å². The number of nitrogens with zero attached hydrogens (tertiary/aromatic N) is 1. The molecule has 1 heterocycles. The van der Waals surface area contributed by atoms with E-state index in [9.17, 15) is 0 Å². The van der Waals surface area contributed by atoms with Crippen molar-refractivity contribution in [1.82, 2.24) is 4.98 Å². The molecule has 2 heteroatoms. The van der Waals surface area contributed by atoms with E-state index in [1.165, 1.54) is 5.56 Å². The first-order chi connectivity index (χ1) is 7.29. The van der Waals surface area contributed by atoms with Gasteiger partial charge in [-0.15, -0.1) is 0 Å². The van der Waals surface area contributed by atoms with Crippen LogP contribution in [0.2, 0.25) is 0 Å². The van der Waals surface area contributed by atoms with Crippen LogP contribution < -0.4 is 5.73 Å². The Labute approximate surface area is 89.8 Å². The number of aromatic nitrogens is 1. The zero-order valence-corrected chi connectivity index (χ0v) is 8.77. The number of anilines is 1. The first kappa shape index (κ1) is 9.71. The monoisotopic (exact) mass is 198 g/mol. The number of hydrogen-bond acceptors (Lipinski definition) is 2. The highest BCUT2D eigenvalue weighted by Crippen LogP contribution is 2.19. The molecule has 0 atom stereocenters. The van der Waals surface area contributed by atoms with Crippen molar-refractivity contribution in [3.05, 3.63) is 48.2 Å². The second-order valence-electron chi connectivity index (χ2n) is 3.52. The van der Waals surface area contributed by atoms with Crippen molar-refractivity contribution in [3.63, 3.8) is 0 Å². The standard InChI is InChI=1S/C13H14N2/c1-2-10-3-5-11(6-4-10)13-9-12(14)7-8-15-13/h3-9H,2H2,1H3,(H2,14,15). The highest BCUT2D eigenvalue weighted by atomic mass is 14.7. The van der Waals surface area contributed by atoms with Crippen LogP contribution in [0, 0.1) is 0 Å². The lowest BCUT2D eigenvalue weighted by molar-refractivity contribution is 1.14. The summed E-state index contributed by atoms with van der Waals surface area (Å²) in [5, 5.41) is 0. The lowest BCUT2D eigenvalue weighted by Crippen LogP contribution is -1.88. The van der Waals surface area contributed by atoms with Gasteiger partial charge < -0.3 is 5.73 Å². The SMILES string of the molecule is CCc1ccc(-c2cc(N)ccn2)cc1. The molecular weight excluding hydrogens is 184 g/mol. The molecule has 0 aliphatic carbocycles. The first-order valence-electron chi connectivity index (χ1n) is 5.10. The summed E-state index contributed by atoms with van der Waals surface area (Å²) in [7, 11) is 0. The quantitative estimate of drug-likeness (QED) is 0.805. The highest BCUT2D eigenvalue weighted by Gasteiger charge is 1.98. The number of pyridine rings is 1. The Morgan fingerprint density at radius 2 is 1.87 bits per heavy atom. The minimum atomic E-state index is 0.750. The molecule has 0 spiro atoms. The molecule has 2 nitrogen and oxygen atoms in total. The van der Waals surface area contributed by atoms with Crippen LogP contribution in [0.3, 0.4) is 0 Å². The average molecular weight is 198 g/mol. The third-order valence-electron chi connectivity index (χ3n) is 2.44. The fraction of sp³-hybridized carbons (Fsp3) is 0.154. The molecule has 76 valence electrons. The van der Waals surface area contributed by atoms with Crippen molar-refractivity contribution in [2.75, 3.05) is 5.73 Å². The van der Waals surface area contributed by atoms with Gasteiger partial charge in [-0.2, -0.15) is 0 Å². The molecule has 0 aliphatic rings. The molecule has 0 unspecified atom stereocenters. The van der Waals surface area contributed by atoms with Crippen molar-refractivity contribution in [2.24, 2.45) is 0 Å². The van der Waals surface area contributed by atoms with Crippen LogP contribution in [-0.2, 0) is 6.42 Å². The van der Waals surface area contributed by atoms with E-state index in [-0.39, 0.29) is 0 Å². The van der Waals surface area contributed by atoms with Gasteiger partial charge in [-0.25, -0.2) is 0 Å². The fourth-order valence-corrected chi connectivity index (χ4v) is 1.52. The summed E-state index contributed by atoms with van der Waals surface area (Å²) in [6, 6.07) is 12.1. The van der Waals surface area contributed by atoms with E-state index in [1.54, 1.807) is 12.3 Å². The Morgan fingerprint density at radius 3 is 2.47 bits per heavy atom. The summed E-state index contributed by atoms with van der Waals surface area (Å²) >= 11 is 0. The lowest BCUT2D eigenvalue weighted by Gasteiger charge is -2.02. The first-order valence-corrected chi connectivity index (χ1v) is 5.10. The number of rotatable bonds is 2. The summed E-state index contributed by atoms with van der Waals surface area (Å²) in [6.45, 7) is 2.15. The largest absolute Gasteiger partial charge is 0.399 e. The Hall–Kier alpha value is -1.83. The number of nitrogens with two attached hydrogens (primary N) is 1. The lowest BCUT2D eigenvalue weighted by atomic mass is 10.1. The molecule has 0 radical (unpaired) electrons. The van der Waals surface area contributed by atoms with Crippen molar-refractivity contribution in [1.29, 1.82) is 0 Å². The number of aryl methyl sites for hydroxylation is 1. The van der Waals surface area contributed by atoms with Crippen molar-refractivity contribution in [3.8, 4) is 11.3 Å². The summed E-state index contributed by atoms with van der Waals surface area (Å²) in [4.78, 5) is 4.29. The van der Waals surface area contributed by atoms with E-state index in [0.29, 0.717) is 0 Å². The maximum absolute atomic E-state index is 5.71. The third-order valence-corrected chi connectivity index (χ3v) is 2.44. The summed E-state index contributed by atoms with van der Waals surface area (Å²) < 4.78 is 0. The van der Waals surface area contributed by atoms with Gasteiger partial charge in [0.05, 0.1) is 5.69 Å². The molecule has 2 rings (SSSR count). The molecule has 0 bridgehead atoms. The van der Waals surface area contributed by atoms with Crippen LogP contribution in [0.25, 0.3) is 11.3 Å². The van der Waals surface area contributed by atoms with Gasteiger partial charge in [0.1, 0.15) is 0 Å². The van der Waals surface area contributed by atoms with Crippen LogP contribution in [0.15, 0.2) is 42.6 Å². The highest BCUT2D eigenvalue weighted by molar-refractivity contribution is 5.63. The molecule has 2 aromatic rings. The predicted octanol–water partition coefficient (Wildman–Crippen LogP) is 2.89. The Kier molecular flexibility index (Phi) is 2.68. The predicted molar refractivity (Wildman–Crippen MR) is 63.5 cm³/mol. The van der Waals surface area contributed by atoms with Gasteiger partial charge in [-0.3, -0.25) is 4.98 Å². The molecule has 2 N–H and O–H groups in total. The topological polar surface area (TPSA) is 38.9 Å². The Bertz CT molecular complexity index is 446. The van der Waals surface area contributed by atoms with E-state index in [2.05, 4.69) is 36.2 Å². The van der Waals surface area contributed by atoms with Crippen LogP contribution in [0.5, 0.6) is 0 Å². The van der Waals surface area contributed by atoms with E-state index in [4.69, 9.17) is 5.73 Å².